The fourth-order valence-electron chi connectivity index (χ4n) is 2.52. The summed E-state index contributed by atoms with van der Waals surface area (Å²) >= 11 is 0. The highest BCUT2D eigenvalue weighted by Gasteiger charge is 2.16. The van der Waals surface area contributed by atoms with Crippen LogP contribution in [0.4, 0.5) is 5.69 Å². The minimum Gasteiger partial charge on any atom is -0.491 e. The number of ether oxygens (including phenoxy) is 2. The summed E-state index contributed by atoms with van der Waals surface area (Å²) in [7, 11) is 1.42. The summed E-state index contributed by atoms with van der Waals surface area (Å²) in [4.78, 5) is 11.5. The van der Waals surface area contributed by atoms with Gasteiger partial charge in [0.2, 0.25) is 0 Å². The van der Waals surface area contributed by atoms with Crippen LogP contribution in [0.5, 0.6) is 5.75 Å². The summed E-state index contributed by atoms with van der Waals surface area (Å²) in [6, 6.07) is 4.07. The molecule has 2 N–H and O–H groups in total. The van der Waals surface area contributed by atoms with Crippen molar-refractivity contribution in [3.8, 4) is 5.75 Å². The second kappa shape index (κ2) is 10.1. The zero-order chi connectivity index (χ0) is 17.2. The molecule has 1 rings (SSSR count). The van der Waals surface area contributed by atoms with Gasteiger partial charge in [0.15, 0.2) is 0 Å². The highest BCUT2D eigenvalue weighted by molar-refractivity contribution is 5.70. The van der Waals surface area contributed by atoms with Gasteiger partial charge >= 0.3 is 5.97 Å². The van der Waals surface area contributed by atoms with Crippen LogP contribution in [-0.4, -0.2) is 19.7 Å². The monoisotopic (exact) mass is 321 g/mol. The molecular weight excluding hydrogens is 290 g/mol. The molecule has 0 fully saturated rings. The van der Waals surface area contributed by atoms with Crippen molar-refractivity contribution < 1.29 is 14.3 Å². The number of esters is 1. The van der Waals surface area contributed by atoms with Crippen LogP contribution < -0.4 is 10.5 Å². The molecule has 0 aliphatic carbocycles. The van der Waals surface area contributed by atoms with E-state index in [1.165, 1.54) is 7.11 Å². The van der Waals surface area contributed by atoms with Gasteiger partial charge in [0.1, 0.15) is 5.75 Å². The van der Waals surface area contributed by atoms with Crippen molar-refractivity contribution >= 4 is 11.7 Å². The van der Waals surface area contributed by atoms with Gasteiger partial charge in [0, 0.05) is 0 Å². The molecule has 4 heteroatoms. The highest BCUT2D eigenvalue weighted by Crippen LogP contribution is 2.33. The lowest BCUT2D eigenvalue weighted by Gasteiger charge is -2.18. The number of benzene rings is 1. The molecule has 1 atom stereocenters. The van der Waals surface area contributed by atoms with Gasteiger partial charge in [-0.05, 0) is 42.4 Å². The number of rotatable bonds is 10. The third-order valence-corrected chi connectivity index (χ3v) is 4.03. The van der Waals surface area contributed by atoms with Crippen molar-refractivity contribution in [2.45, 2.75) is 65.2 Å². The lowest BCUT2D eigenvalue weighted by Crippen LogP contribution is -2.09. The number of hydrogen-bond acceptors (Lipinski definition) is 4. The number of hydrogen-bond donors (Lipinski definition) is 1. The second-order valence-electron chi connectivity index (χ2n) is 6.09. The van der Waals surface area contributed by atoms with Crippen molar-refractivity contribution in [2.24, 2.45) is 0 Å². The van der Waals surface area contributed by atoms with Crippen LogP contribution in [-0.2, 0) is 16.0 Å². The smallest absolute Gasteiger partial charge is 0.306 e. The van der Waals surface area contributed by atoms with E-state index in [4.69, 9.17) is 15.2 Å². The number of aryl methyl sites for hydroxylation is 1. The number of carbonyl (C=O) groups excluding carboxylic acids is 1. The zero-order valence-corrected chi connectivity index (χ0v) is 15.0. The van der Waals surface area contributed by atoms with Crippen molar-refractivity contribution in [1.29, 1.82) is 0 Å². The standard InChI is InChI=1S/C19H31NO3/c1-5-7-9-15-12-16(14(3)11-18(21)22-4)13-17(20)19(15)23-10-8-6-2/h12-14H,5-11,20H2,1-4H3. The third kappa shape index (κ3) is 6.12. The van der Waals surface area contributed by atoms with Crippen LogP contribution in [0.2, 0.25) is 0 Å². The van der Waals surface area contributed by atoms with E-state index < -0.39 is 0 Å². The van der Waals surface area contributed by atoms with E-state index in [0.29, 0.717) is 18.7 Å². The molecule has 4 nitrogen and oxygen atoms in total. The number of unbranched alkanes of at least 4 members (excludes halogenated alkanes) is 2. The SMILES string of the molecule is CCCCOc1c(N)cc(C(C)CC(=O)OC)cc1CCCC. The molecular formula is C19H31NO3. The Morgan fingerprint density at radius 2 is 1.91 bits per heavy atom. The fourth-order valence-corrected chi connectivity index (χ4v) is 2.52. The molecule has 0 aromatic heterocycles. The first-order chi connectivity index (χ1) is 11.0. The first-order valence-corrected chi connectivity index (χ1v) is 8.65. The molecule has 0 saturated heterocycles. The topological polar surface area (TPSA) is 61.5 Å². The Hall–Kier alpha value is -1.71. The maximum atomic E-state index is 11.5. The molecule has 0 aliphatic rings. The fraction of sp³-hybridized carbons (Fsp3) is 0.632. The first-order valence-electron chi connectivity index (χ1n) is 8.65. The van der Waals surface area contributed by atoms with Crippen molar-refractivity contribution in [1.82, 2.24) is 0 Å². The Morgan fingerprint density at radius 3 is 2.52 bits per heavy atom. The van der Waals surface area contributed by atoms with Gasteiger partial charge in [0.05, 0.1) is 25.8 Å². The van der Waals surface area contributed by atoms with Gasteiger partial charge < -0.3 is 15.2 Å². The third-order valence-electron chi connectivity index (χ3n) is 4.03. The molecule has 1 aromatic rings. The molecule has 0 heterocycles. The summed E-state index contributed by atoms with van der Waals surface area (Å²) in [5.41, 5.74) is 9.12. The molecule has 0 amide bonds. The van der Waals surface area contributed by atoms with Crippen LogP contribution in [0, 0.1) is 0 Å². The van der Waals surface area contributed by atoms with Crippen molar-refractivity contribution in [2.75, 3.05) is 19.5 Å². The number of anilines is 1. The van der Waals surface area contributed by atoms with E-state index in [0.717, 1.165) is 49.0 Å². The number of carbonyl (C=O) groups is 1. The Morgan fingerprint density at radius 1 is 1.22 bits per heavy atom. The van der Waals surface area contributed by atoms with Crippen LogP contribution in [0.1, 0.15) is 69.9 Å². The van der Waals surface area contributed by atoms with Crippen molar-refractivity contribution in [3.05, 3.63) is 23.3 Å². The quantitative estimate of drug-likeness (QED) is 0.393. The molecule has 23 heavy (non-hydrogen) atoms. The van der Waals surface area contributed by atoms with E-state index in [1.807, 2.05) is 13.0 Å². The van der Waals surface area contributed by atoms with Gasteiger partial charge in [-0.15, -0.1) is 0 Å². The minimum absolute atomic E-state index is 0.0785. The van der Waals surface area contributed by atoms with Crippen molar-refractivity contribution in [3.63, 3.8) is 0 Å². The van der Waals surface area contributed by atoms with Gasteiger partial charge in [-0.1, -0.05) is 39.7 Å². The van der Waals surface area contributed by atoms with Crippen LogP contribution in [0.15, 0.2) is 12.1 Å². The van der Waals surface area contributed by atoms with Gasteiger partial charge in [-0.2, -0.15) is 0 Å². The molecule has 0 bridgehead atoms. The zero-order valence-electron chi connectivity index (χ0n) is 15.0. The summed E-state index contributed by atoms with van der Waals surface area (Å²) < 4.78 is 10.7. The summed E-state index contributed by atoms with van der Waals surface area (Å²) in [5.74, 6) is 0.699. The van der Waals surface area contributed by atoms with Crippen LogP contribution >= 0.6 is 0 Å². The molecule has 0 aliphatic heterocycles. The van der Waals surface area contributed by atoms with E-state index in [-0.39, 0.29) is 11.9 Å². The number of methoxy groups -OCH3 is 1. The predicted molar refractivity (Wildman–Crippen MR) is 94.9 cm³/mol. The first kappa shape index (κ1) is 19.3. The van der Waals surface area contributed by atoms with Crippen LogP contribution in [0.25, 0.3) is 0 Å². The molecule has 1 unspecified atom stereocenters. The lowest BCUT2D eigenvalue weighted by molar-refractivity contribution is -0.140. The van der Waals surface area contributed by atoms with Crippen LogP contribution in [0.3, 0.4) is 0 Å². The normalized spacial score (nSPS) is 12.0. The molecule has 0 saturated carbocycles. The predicted octanol–water partition coefficient (Wildman–Crippen LogP) is 4.46. The number of nitrogen functional groups attached to an aromatic ring is 1. The molecule has 0 spiro atoms. The van der Waals surface area contributed by atoms with Gasteiger partial charge in [-0.25, -0.2) is 0 Å². The maximum Gasteiger partial charge on any atom is 0.306 e. The Labute approximate surface area is 140 Å². The Balaban J connectivity index is 3.01. The van der Waals surface area contributed by atoms with E-state index in [9.17, 15) is 4.79 Å². The highest BCUT2D eigenvalue weighted by atomic mass is 16.5. The summed E-state index contributed by atoms with van der Waals surface area (Å²) in [5, 5.41) is 0. The molecule has 130 valence electrons. The number of nitrogens with two attached hydrogens (primary N) is 1. The van der Waals surface area contributed by atoms with E-state index >= 15 is 0 Å². The average molecular weight is 321 g/mol. The van der Waals surface area contributed by atoms with E-state index in [1.54, 1.807) is 0 Å². The van der Waals surface area contributed by atoms with Gasteiger partial charge in [0.25, 0.3) is 0 Å². The maximum absolute atomic E-state index is 11.5. The second-order valence-corrected chi connectivity index (χ2v) is 6.09. The molecule has 1 aromatic carbocycles. The minimum atomic E-state index is -0.200. The van der Waals surface area contributed by atoms with Gasteiger partial charge in [-0.3, -0.25) is 4.79 Å². The van der Waals surface area contributed by atoms with E-state index in [2.05, 4.69) is 19.9 Å². The average Bonchev–Trinajstić information content (AvgIpc) is 2.54. The Bertz CT molecular complexity index is 500. The Kier molecular flexibility index (Phi) is 8.52. The largest absolute Gasteiger partial charge is 0.491 e. The summed E-state index contributed by atoms with van der Waals surface area (Å²) in [6.07, 6.45) is 5.64. The lowest BCUT2D eigenvalue weighted by atomic mass is 9.93. The summed E-state index contributed by atoms with van der Waals surface area (Å²) in [6.45, 7) is 7.02. The molecule has 0 radical (unpaired) electrons.